The van der Waals surface area contributed by atoms with E-state index in [0.29, 0.717) is 0 Å². The van der Waals surface area contributed by atoms with Gasteiger partial charge in [0.25, 0.3) is 0 Å². The fourth-order valence-electron chi connectivity index (χ4n) is 2.32. The Kier molecular flexibility index (Phi) is 5.10. The zero-order valence-corrected chi connectivity index (χ0v) is 13.2. The monoisotopic (exact) mass is 305 g/mol. The lowest BCUT2D eigenvalue weighted by Gasteiger charge is -2.22. The Morgan fingerprint density at radius 3 is 2.33 bits per heavy atom. The van der Waals surface area contributed by atoms with Crippen LogP contribution in [0.4, 0.5) is 0 Å². The molecule has 1 unspecified atom stereocenters. The molecular formula is C17H20ClNO2. The molecule has 2 aromatic rings. The Hall–Kier alpha value is -1.71. The van der Waals surface area contributed by atoms with Gasteiger partial charge < -0.3 is 15.2 Å². The van der Waals surface area contributed by atoms with E-state index >= 15 is 0 Å². The third-order valence-electron chi connectivity index (χ3n) is 3.57. The molecule has 0 aliphatic heterocycles. The van der Waals surface area contributed by atoms with Crippen LogP contribution >= 0.6 is 11.6 Å². The van der Waals surface area contributed by atoms with Gasteiger partial charge in [-0.3, -0.25) is 0 Å². The van der Waals surface area contributed by atoms with Crippen molar-refractivity contribution >= 4 is 11.6 Å². The molecule has 0 aliphatic carbocycles. The maximum absolute atomic E-state index is 10.0. The number of nitrogens with one attached hydrogen (secondary N) is 1. The van der Waals surface area contributed by atoms with E-state index in [9.17, 15) is 5.11 Å². The Morgan fingerprint density at radius 1 is 1.05 bits per heavy atom. The smallest absolute Gasteiger partial charge is 0.120 e. The van der Waals surface area contributed by atoms with Gasteiger partial charge in [-0.05, 0) is 49.7 Å². The summed E-state index contributed by atoms with van der Waals surface area (Å²) in [6.07, 6.45) is 0. The highest BCUT2D eigenvalue weighted by Gasteiger charge is 2.15. The SMILES string of the molecule is COc1ccc(O)c(C(C)N[C@@H](C)c2ccc(Cl)cc2)c1. The van der Waals surface area contributed by atoms with Gasteiger partial charge in [0.2, 0.25) is 0 Å². The van der Waals surface area contributed by atoms with Crippen LogP contribution in [0.1, 0.15) is 37.1 Å². The second-order valence-electron chi connectivity index (χ2n) is 5.09. The molecule has 0 bridgehead atoms. The topological polar surface area (TPSA) is 41.5 Å². The van der Waals surface area contributed by atoms with E-state index in [0.717, 1.165) is 21.9 Å². The highest BCUT2D eigenvalue weighted by molar-refractivity contribution is 6.30. The molecule has 0 radical (unpaired) electrons. The van der Waals surface area contributed by atoms with E-state index in [4.69, 9.17) is 16.3 Å². The summed E-state index contributed by atoms with van der Waals surface area (Å²) in [5.41, 5.74) is 1.96. The number of hydrogen-bond donors (Lipinski definition) is 2. The number of rotatable bonds is 5. The number of aromatic hydroxyl groups is 1. The van der Waals surface area contributed by atoms with Crippen LogP contribution in [-0.4, -0.2) is 12.2 Å². The second-order valence-corrected chi connectivity index (χ2v) is 5.52. The summed E-state index contributed by atoms with van der Waals surface area (Å²) in [7, 11) is 1.62. The number of benzene rings is 2. The summed E-state index contributed by atoms with van der Waals surface area (Å²) in [5.74, 6) is 0.995. The van der Waals surface area contributed by atoms with Crippen LogP contribution in [0.2, 0.25) is 5.02 Å². The molecule has 0 spiro atoms. The molecule has 3 nitrogen and oxygen atoms in total. The standard InChI is InChI=1S/C17H20ClNO2/c1-11(13-4-6-14(18)7-5-13)19-12(2)16-10-15(21-3)8-9-17(16)20/h4-12,19-20H,1-3H3/t11-,12?/m0/s1. The van der Waals surface area contributed by atoms with Gasteiger partial charge in [-0.15, -0.1) is 0 Å². The predicted octanol–water partition coefficient (Wildman–Crippen LogP) is 4.47. The minimum absolute atomic E-state index is 0.00854. The largest absolute Gasteiger partial charge is 0.508 e. The second kappa shape index (κ2) is 6.83. The van der Waals surface area contributed by atoms with Crippen molar-refractivity contribution in [1.29, 1.82) is 0 Å². The Morgan fingerprint density at radius 2 is 1.71 bits per heavy atom. The van der Waals surface area contributed by atoms with Crippen molar-refractivity contribution in [3.63, 3.8) is 0 Å². The molecule has 0 amide bonds. The average Bonchev–Trinajstić information content (AvgIpc) is 2.48. The van der Waals surface area contributed by atoms with Gasteiger partial charge in [0.1, 0.15) is 11.5 Å². The lowest BCUT2D eigenvalue weighted by Crippen LogP contribution is -2.22. The molecule has 21 heavy (non-hydrogen) atoms. The zero-order valence-electron chi connectivity index (χ0n) is 12.4. The van der Waals surface area contributed by atoms with E-state index in [1.54, 1.807) is 19.2 Å². The van der Waals surface area contributed by atoms with Crippen LogP contribution in [0.25, 0.3) is 0 Å². The maximum atomic E-state index is 10.0. The zero-order chi connectivity index (χ0) is 15.4. The fourth-order valence-corrected chi connectivity index (χ4v) is 2.44. The lowest BCUT2D eigenvalue weighted by atomic mass is 10.0. The molecule has 0 saturated carbocycles. The van der Waals surface area contributed by atoms with Gasteiger partial charge in [0.15, 0.2) is 0 Å². The van der Waals surface area contributed by atoms with Gasteiger partial charge >= 0.3 is 0 Å². The molecule has 2 atom stereocenters. The van der Waals surface area contributed by atoms with Crippen LogP contribution < -0.4 is 10.1 Å². The van der Waals surface area contributed by atoms with E-state index in [1.807, 2.05) is 37.3 Å². The first-order valence-corrected chi connectivity index (χ1v) is 7.27. The van der Waals surface area contributed by atoms with Crippen LogP contribution in [0.5, 0.6) is 11.5 Å². The molecule has 0 aromatic heterocycles. The number of hydrogen-bond acceptors (Lipinski definition) is 3. The lowest BCUT2D eigenvalue weighted by molar-refractivity contribution is 0.405. The molecule has 2 rings (SSSR count). The van der Waals surface area contributed by atoms with Gasteiger partial charge in [-0.25, -0.2) is 0 Å². The molecule has 0 heterocycles. The van der Waals surface area contributed by atoms with Crippen molar-refractivity contribution < 1.29 is 9.84 Å². The Balaban J connectivity index is 2.13. The average molecular weight is 306 g/mol. The minimum atomic E-state index is -0.00854. The molecule has 0 aliphatic rings. The molecule has 0 fully saturated rings. The van der Waals surface area contributed by atoms with Crippen molar-refractivity contribution in [2.24, 2.45) is 0 Å². The van der Waals surface area contributed by atoms with Gasteiger partial charge in [-0.1, -0.05) is 23.7 Å². The highest BCUT2D eigenvalue weighted by atomic mass is 35.5. The summed E-state index contributed by atoms with van der Waals surface area (Å²) in [4.78, 5) is 0. The number of ether oxygens (including phenoxy) is 1. The van der Waals surface area contributed by atoms with Crippen LogP contribution in [0.3, 0.4) is 0 Å². The Labute approximate surface area is 130 Å². The van der Waals surface area contributed by atoms with Crippen molar-refractivity contribution in [2.75, 3.05) is 7.11 Å². The predicted molar refractivity (Wildman–Crippen MR) is 86.1 cm³/mol. The molecule has 112 valence electrons. The van der Waals surface area contributed by atoms with Gasteiger partial charge in [-0.2, -0.15) is 0 Å². The summed E-state index contributed by atoms with van der Waals surface area (Å²) >= 11 is 5.90. The summed E-state index contributed by atoms with van der Waals surface area (Å²) in [6, 6.07) is 13.1. The van der Waals surface area contributed by atoms with Crippen LogP contribution in [0.15, 0.2) is 42.5 Å². The number of halogens is 1. The van der Waals surface area contributed by atoms with Crippen LogP contribution in [0, 0.1) is 0 Å². The van der Waals surface area contributed by atoms with Gasteiger partial charge in [0.05, 0.1) is 7.11 Å². The highest BCUT2D eigenvalue weighted by Crippen LogP contribution is 2.30. The van der Waals surface area contributed by atoms with E-state index in [1.165, 1.54) is 0 Å². The summed E-state index contributed by atoms with van der Waals surface area (Å²) in [6.45, 7) is 4.10. The first-order chi connectivity index (χ1) is 10.0. The van der Waals surface area contributed by atoms with Crippen LogP contribution in [-0.2, 0) is 0 Å². The minimum Gasteiger partial charge on any atom is -0.508 e. The number of phenols is 1. The van der Waals surface area contributed by atoms with Gasteiger partial charge in [0, 0.05) is 22.7 Å². The molecular weight excluding hydrogens is 286 g/mol. The van der Waals surface area contributed by atoms with E-state index in [-0.39, 0.29) is 17.8 Å². The Bertz CT molecular complexity index is 598. The molecule has 2 N–H and O–H groups in total. The quantitative estimate of drug-likeness (QED) is 0.856. The normalized spacial score (nSPS) is 13.7. The van der Waals surface area contributed by atoms with E-state index in [2.05, 4.69) is 12.2 Å². The first kappa shape index (κ1) is 15.7. The van der Waals surface area contributed by atoms with Crippen molar-refractivity contribution in [1.82, 2.24) is 5.32 Å². The van der Waals surface area contributed by atoms with E-state index < -0.39 is 0 Å². The number of methoxy groups -OCH3 is 1. The summed E-state index contributed by atoms with van der Waals surface area (Å²) < 4.78 is 5.21. The third kappa shape index (κ3) is 3.90. The van der Waals surface area contributed by atoms with Crippen molar-refractivity contribution in [2.45, 2.75) is 25.9 Å². The first-order valence-electron chi connectivity index (χ1n) is 6.89. The fraction of sp³-hybridized carbons (Fsp3) is 0.294. The van der Waals surface area contributed by atoms with Crippen molar-refractivity contribution in [3.05, 3.63) is 58.6 Å². The number of phenolic OH excluding ortho intramolecular Hbond substituents is 1. The molecule has 4 heteroatoms. The molecule has 0 saturated heterocycles. The van der Waals surface area contributed by atoms with Crippen molar-refractivity contribution in [3.8, 4) is 11.5 Å². The molecule has 2 aromatic carbocycles. The summed E-state index contributed by atoms with van der Waals surface area (Å²) in [5, 5.41) is 14.2. The third-order valence-corrected chi connectivity index (χ3v) is 3.82. The maximum Gasteiger partial charge on any atom is 0.120 e.